The Bertz CT molecular complexity index is 1720. The molecule has 206 valence electrons. The molecule has 1 spiro atoms. The fourth-order valence-corrected chi connectivity index (χ4v) is 6.58. The SMILES string of the molecule is COc1ccc2c(c1)[C@]1(C[C@H]1c1ccc3c(/C=C/c4ccc(CN5CCC(C)(C#N)CC5)cc4)n[nH]c3c1)C(=O)N2. The minimum Gasteiger partial charge on any atom is -0.497 e. The van der Waals surface area contributed by atoms with E-state index < -0.39 is 5.41 Å². The predicted molar refractivity (Wildman–Crippen MR) is 160 cm³/mol. The maximum absolute atomic E-state index is 13.0. The van der Waals surface area contributed by atoms with Gasteiger partial charge in [-0.25, -0.2) is 0 Å². The van der Waals surface area contributed by atoms with Crippen molar-refractivity contribution in [1.82, 2.24) is 15.1 Å². The van der Waals surface area contributed by atoms with E-state index in [0.29, 0.717) is 0 Å². The largest absolute Gasteiger partial charge is 0.497 e. The monoisotopic (exact) mass is 543 g/mol. The van der Waals surface area contributed by atoms with Gasteiger partial charge in [0.15, 0.2) is 0 Å². The summed E-state index contributed by atoms with van der Waals surface area (Å²) in [5, 5.41) is 21.3. The van der Waals surface area contributed by atoms with E-state index in [-0.39, 0.29) is 17.2 Å². The first-order chi connectivity index (χ1) is 19.9. The Hall–Kier alpha value is -4.41. The van der Waals surface area contributed by atoms with Crippen molar-refractivity contribution in [2.75, 3.05) is 25.5 Å². The first kappa shape index (κ1) is 25.6. The van der Waals surface area contributed by atoms with E-state index in [1.165, 1.54) is 5.56 Å². The van der Waals surface area contributed by atoms with Gasteiger partial charge in [-0.2, -0.15) is 10.4 Å². The molecule has 2 fully saturated rings. The molecule has 1 saturated heterocycles. The van der Waals surface area contributed by atoms with E-state index in [4.69, 9.17) is 4.74 Å². The van der Waals surface area contributed by atoms with Gasteiger partial charge >= 0.3 is 0 Å². The summed E-state index contributed by atoms with van der Waals surface area (Å²) in [6.07, 6.45) is 6.80. The minimum absolute atomic E-state index is 0.0722. The molecule has 3 aromatic carbocycles. The quantitative estimate of drug-likeness (QED) is 0.300. The minimum atomic E-state index is -0.516. The van der Waals surface area contributed by atoms with Crippen LogP contribution in [0.15, 0.2) is 60.7 Å². The van der Waals surface area contributed by atoms with Crippen molar-refractivity contribution in [3.05, 3.63) is 88.6 Å². The van der Waals surface area contributed by atoms with Crippen LogP contribution in [0.4, 0.5) is 5.69 Å². The summed E-state index contributed by atoms with van der Waals surface area (Å²) < 4.78 is 5.43. The standard InChI is InChI=1S/C34H33N5O2/c1-33(21-35)13-15-39(16-14-33)20-23-5-3-22(4-6-23)7-11-29-26-10-8-24(17-31(26)38-37-29)28-19-34(28)27-18-25(41-2)9-12-30(27)36-32(34)40/h3-12,17-18,28H,13-16,19-20H2,1-2H3,(H,36,40)(H,37,38)/b11-7+/t28-,34-/m0/s1. The number of anilines is 1. The second-order valence-electron chi connectivity index (χ2n) is 12.0. The van der Waals surface area contributed by atoms with Crippen molar-refractivity contribution >= 4 is 34.6 Å². The molecule has 0 unspecified atom stereocenters. The molecule has 1 amide bonds. The average Bonchev–Trinajstić information content (AvgIpc) is 3.54. The number of amides is 1. The van der Waals surface area contributed by atoms with Gasteiger partial charge in [-0.05, 0) is 91.9 Å². The third-order valence-corrected chi connectivity index (χ3v) is 9.39. The van der Waals surface area contributed by atoms with E-state index >= 15 is 0 Å². The zero-order valence-corrected chi connectivity index (χ0v) is 23.4. The Morgan fingerprint density at radius 1 is 1.10 bits per heavy atom. The van der Waals surface area contributed by atoms with Gasteiger partial charge in [0.1, 0.15) is 5.75 Å². The fraction of sp³-hybridized carbons (Fsp3) is 0.324. The van der Waals surface area contributed by atoms with Gasteiger partial charge in [-0.3, -0.25) is 14.8 Å². The summed E-state index contributed by atoms with van der Waals surface area (Å²) in [7, 11) is 1.65. The lowest BCUT2D eigenvalue weighted by Crippen LogP contribution is -2.37. The van der Waals surface area contributed by atoms with E-state index in [1.54, 1.807) is 7.11 Å². The molecular weight excluding hydrogens is 510 g/mol. The lowest BCUT2D eigenvalue weighted by atomic mass is 9.82. The number of aromatic amines is 1. The third-order valence-electron chi connectivity index (χ3n) is 9.39. The highest BCUT2D eigenvalue weighted by atomic mass is 16.5. The Balaban J connectivity index is 1.04. The summed E-state index contributed by atoms with van der Waals surface area (Å²) in [5.74, 6) is 0.969. The fourth-order valence-electron chi connectivity index (χ4n) is 6.58. The molecule has 41 heavy (non-hydrogen) atoms. The number of ether oxygens (including phenoxy) is 1. The number of aromatic nitrogens is 2. The van der Waals surface area contributed by atoms with Crippen molar-refractivity contribution in [2.45, 2.75) is 44.1 Å². The van der Waals surface area contributed by atoms with Crippen molar-refractivity contribution in [3.8, 4) is 11.8 Å². The number of carbonyl (C=O) groups excluding carboxylic acids is 1. The normalized spacial score (nSPS) is 23.0. The third kappa shape index (κ3) is 4.39. The molecule has 4 aromatic rings. The number of benzene rings is 3. The number of carbonyl (C=O) groups is 1. The number of H-pyrrole nitrogens is 1. The number of nitrogens with one attached hydrogen (secondary N) is 2. The molecule has 1 saturated carbocycles. The molecule has 7 nitrogen and oxygen atoms in total. The number of likely N-dealkylation sites (tertiary alicyclic amines) is 1. The van der Waals surface area contributed by atoms with Crippen LogP contribution in [-0.2, 0) is 16.8 Å². The number of fused-ring (bicyclic) bond motifs is 3. The van der Waals surface area contributed by atoms with Crippen molar-refractivity contribution in [1.29, 1.82) is 5.26 Å². The Kier molecular flexibility index (Phi) is 5.98. The molecule has 1 aromatic heterocycles. The molecule has 7 rings (SSSR count). The molecule has 1 aliphatic carbocycles. The first-order valence-electron chi connectivity index (χ1n) is 14.3. The van der Waals surface area contributed by atoms with Crippen molar-refractivity contribution < 1.29 is 9.53 Å². The lowest BCUT2D eigenvalue weighted by molar-refractivity contribution is -0.118. The van der Waals surface area contributed by atoms with Gasteiger partial charge in [0.25, 0.3) is 0 Å². The topological polar surface area (TPSA) is 94.0 Å². The van der Waals surface area contributed by atoms with Crippen LogP contribution in [0.2, 0.25) is 0 Å². The van der Waals surface area contributed by atoms with Gasteiger partial charge in [-0.1, -0.05) is 42.5 Å². The van der Waals surface area contributed by atoms with Crippen LogP contribution in [0, 0.1) is 16.7 Å². The van der Waals surface area contributed by atoms with E-state index in [0.717, 1.165) is 83.6 Å². The maximum Gasteiger partial charge on any atom is 0.235 e. The second-order valence-corrected chi connectivity index (χ2v) is 12.0. The highest BCUT2D eigenvalue weighted by Crippen LogP contribution is 2.65. The number of hydrogen-bond donors (Lipinski definition) is 2. The molecule has 3 heterocycles. The number of nitrogens with zero attached hydrogens (tertiary/aromatic N) is 3. The van der Waals surface area contributed by atoms with E-state index in [2.05, 4.69) is 81.9 Å². The Morgan fingerprint density at radius 3 is 2.66 bits per heavy atom. The molecule has 3 aliphatic rings. The zero-order chi connectivity index (χ0) is 28.2. The summed E-state index contributed by atoms with van der Waals surface area (Å²) in [6, 6.07) is 23.3. The number of rotatable bonds is 6. The molecule has 0 bridgehead atoms. The highest BCUT2D eigenvalue weighted by Gasteiger charge is 2.65. The van der Waals surface area contributed by atoms with Crippen LogP contribution < -0.4 is 10.1 Å². The summed E-state index contributed by atoms with van der Waals surface area (Å²) in [5.41, 5.74) is 6.65. The van der Waals surface area contributed by atoms with Gasteiger partial charge in [-0.15, -0.1) is 0 Å². The van der Waals surface area contributed by atoms with Crippen LogP contribution in [0.3, 0.4) is 0 Å². The average molecular weight is 544 g/mol. The van der Waals surface area contributed by atoms with Crippen LogP contribution >= 0.6 is 0 Å². The molecule has 2 aliphatic heterocycles. The van der Waals surface area contributed by atoms with Crippen LogP contribution in [-0.4, -0.2) is 41.2 Å². The van der Waals surface area contributed by atoms with Crippen LogP contribution in [0.1, 0.15) is 60.1 Å². The lowest BCUT2D eigenvalue weighted by Gasteiger charge is -2.34. The number of hydrogen-bond acceptors (Lipinski definition) is 5. The van der Waals surface area contributed by atoms with Gasteiger partial charge in [0.2, 0.25) is 5.91 Å². The summed E-state index contributed by atoms with van der Waals surface area (Å²) in [6.45, 7) is 4.93. The van der Waals surface area contributed by atoms with Crippen LogP contribution in [0.25, 0.3) is 23.1 Å². The zero-order valence-electron chi connectivity index (χ0n) is 23.4. The molecule has 2 N–H and O–H groups in total. The first-order valence-corrected chi connectivity index (χ1v) is 14.3. The molecule has 7 heteroatoms. The second kappa shape index (κ2) is 9.60. The maximum atomic E-state index is 13.0. The van der Waals surface area contributed by atoms with Crippen molar-refractivity contribution in [2.24, 2.45) is 5.41 Å². The number of nitriles is 1. The van der Waals surface area contributed by atoms with E-state index in [9.17, 15) is 10.1 Å². The summed E-state index contributed by atoms with van der Waals surface area (Å²) in [4.78, 5) is 15.5. The molecule has 2 atom stereocenters. The van der Waals surface area contributed by atoms with Crippen LogP contribution in [0.5, 0.6) is 5.75 Å². The number of methoxy groups -OCH3 is 1. The number of piperidine rings is 1. The molecular formula is C34H33N5O2. The molecule has 0 radical (unpaired) electrons. The van der Waals surface area contributed by atoms with E-state index in [1.807, 2.05) is 24.3 Å². The Labute approximate surface area is 239 Å². The van der Waals surface area contributed by atoms with Gasteiger partial charge in [0, 0.05) is 23.5 Å². The highest BCUT2D eigenvalue weighted by molar-refractivity contribution is 6.10. The van der Waals surface area contributed by atoms with Gasteiger partial charge < -0.3 is 10.1 Å². The summed E-state index contributed by atoms with van der Waals surface area (Å²) >= 11 is 0. The van der Waals surface area contributed by atoms with Gasteiger partial charge in [0.05, 0.1) is 35.2 Å². The predicted octanol–water partition coefficient (Wildman–Crippen LogP) is 6.24. The smallest absolute Gasteiger partial charge is 0.235 e. The van der Waals surface area contributed by atoms with Crippen molar-refractivity contribution in [3.63, 3.8) is 0 Å². The Morgan fingerprint density at radius 2 is 1.90 bits per heavy atom.